The lowest BCUT2D eigenvalue weighted by atomic mass is 10.2. The highest BCUT2D eigenvalue weighted by Crippen LogP contribution is 2.16. The van der Waals surface area contributed by atoms with Gasteiger partial charge in [0, 0.05) is 20.1 Å². The van der Waals surface area contributed by atoms with Crippen LogP contribution in [0.25, 0.3) is 0 Å². The normalized spacial score (nSPS) is 10.1. The van der Waals surface area contributed by atoms with Gasteiger partial charge in [-0.15, -0.1) is 0 Å². The van der Waals surface area contributed by atoms with E-state index in [0.29, 0.717) is 5.56 Å². The number of nitriles is 1. The Morgan fingerprint density at radius 2 is 2.12 bits per heavy atom. The van der Waals surface area contributed by atoms with E-state index in [4.69, 9.17) is 5.26 Å². The minimum atomic E-state index is 0.637. The fourth-order valence-corrected chi connectivity index (χ4v) is 1.57. The number of hydrogen-bond acceptors (Lipinski definition) is 4. The number of nitrogens with zero attached hydrogens (tertiary/aromatic N) is 3. The van der Waals surface area contributed by atoms with Gasteiger partial charge in [0.05, 0.1) is 5.69 Å². The van der Waals surface area contributed by atoms with E-state index in [0.717, 1.165) is 37.6 Å². The van der Waals surface area contributed by atoms with E-state index in [-0.39, 0.29) is 0 Å². The lowest BCUT2D eigenvalue weighted by Gasteiger charge is -2.07. The van der Waals surface area contributed by atoms with E-state index < -0.39 is 0 Å². The summed E-state index contributed by atoms with van der Waals surface area (Å²) >= 11 is 0. The van der Waals surface area contributed by atoms with Gasteiger partial charge >= 0.3 is 0 Å². The Morgan fingerprint density at radius 3 is 2.75 bits per heavy atom. The maximum Gasteiger partial charge on any atom is 0.142 e. The molecule has 1 aromatic heterocycles. The maximum atomic E-state index is 8.99. The van der Waals surface area contributed by atoms with E-state index in [1.807, 2.05) is 14.0 Å². The minimum absolute atomic E-state index is 0.637. The van der Waals surface area contributed by atoms with Crippen LogP contribution in [0.15, 0.2) is 0 Å². The van der Waals surface area contributed by atoms with Crippen molar-refractivity contribution in [2.75, 3.05) is 25.0 Å². The van der Waals surface area contributed by atoms with Crippen molar-refractivity contribution in [3.05, 3.63) is 11.3 Å². The van der Waals surface area contributed by atoms with Crippen molar-refractivity contribution in [3.8, 4) is 6.07 Å². The third kappa shape index (κ3) is 2.97. The zero-order chi connectivity index (χ0) is 12.0. The molecule has 0 spiro atoms. The van der Waals surface area contributed by atoms with Crippen molar-refractivity contribution in [1.82, 2.24) is 15.1 Å². The molecule has 1 rings (SSSR count). The summed E-state index contributed by atoms with van der Waals surface area (Å²) in [4.78, 5) is 0. The van der Waals surface area contributed by atoms with Crippen LogP contribution in [-0.2, 0) is 7.05 Å². The van der Waals surface area contributed by atoms with Crippen molar-refractivity contribution >= 4 is 5.82 Å². The fraction of sp³-hybridized carbons (Fsp3) is 0.636. The molecule has 1 heterocycles. The molecule has 88 valence electrons. The molecule has 0 fully saturated rings. The molecule has 0 aliphatic heterocycles. The van der Waals surface area contributed by atoms with Gasteiger partial charge in [-0.05, 0) is 19.9 Å². The Bertz CT molecular complexity index is 374. The zero-order valence-electron chi connectivity index (χ0n) is 10.2. The maximum absolute atomic E-state index is 8.99. The third-order valence-electron chi connectivity index (χ3n) is 2.36. The molecule has 0 amide bonds. The first-order valence-electron chi connectivity index (χ1n) is 5.59. The lowest BCUT2D eigenvalue weighted by molar-refractivity contribution is 0.682. The monoisotopic (exact) mass is 221 g/mol. The number of rotatable bonds is 6. The van der Waals surface area contributed by atoms with E-state index in [1.165, 1.54) is 0 Å². The molecule has 0 saturated heterocycles. The first kappa shape index (κ1) is 12.5. The van der Waals surface area contributed by atoms with Gasteiger partial charge in [0.2, 0.25) is 0 Å². The predicted octanol–water partition coefficient (Wildman–Crippen LogP) is 1.01. The highest BCUT2D eigenvalue weighted by atomic mass is 15.3. The molecular weight excluding hydrogens is 202 g/mol. The molecule has 0 aliphatic carbocycles. The molecule has 1 aromatic rings. The van der Waals surface area contributed by atoms with Crippen LogP contribution in [0.1, 0.15) is 24.6 Å². The fourth-order valence-electron chi connectivity index (χ4n) is 1.57. The van der Waals surface area contributed by atoms with Gasteiger partial charge in [0.25, 0.3) is 0 Å². The Labute approximate surface area is 96.5 Å². The number of hydrogen-bond donors (Lipinski definition) is 2. The van der Waals surface area contributed by atoms with Crippen LogP contribution >= 0.6 is 0 Å². The summed E-state index contributed by atoms with van der Waals surface area (Å²) in [6.45, 7) is 6.70. The topological polar surface area (TPSA) is 65.7 Å². The molecule has 0 aromatic carbocycles. The van der Waals surface area contributed by atoms with Gasteiger partial charge in [-0.2, -0.15) is 10.4 Å². The van der Waals surface area contributed by atoms with Gasteiger partial charge in [0.1, 0.15) is 17.5 Å². The molecule has 0 atom stereocenters. The summed E-state index contributed by atoms with van der Waals surface area (Å²) in [6.07, 6.45) is 1.13. The number of nitrogens with one attached hydrogen (secondary N) is 2. The van der Waals surface area contributed by atoms with Crippen LogP contribution in [0.3, 0.4) is 0 Å². The molecule has 0 unspecified atom stereocenters. The van der Waals surface area contributed by atoms with Crippen molar-refractivity contribution in [2.45, 2.75) is 20.3 Å². The lowest BCUT2D eigenvalue weighted by Crippen LogP contribution is -2.23. The standard InChI is InChI=1S/C11H19N5/c1-4-5-13-6-7-14-11-10(8-12)9(2)15-16(11)3/h13-14H,4-7H2,1-3H3. The number of aryl methyl sites for hydroxylation is 2. The number of anilines is 1. The van der Waals surface area contributed by atoms with Crippen LogP contribution in [0.4, 0.5) is 5.82 Å². The molecular formula is C11H19N5. The molecule has 0 saturated carbocycles. The molecule has 5 heteroatoms. The summed E-state index contributed by atoms with van der Waals surface area (Å²) in [7, 11) is 1.84. The molecule has 16 heavy (non-hydrogen) atoms. The second-order valence-electron chi connectivity index (χ2n) is 3.72. The summed E-state index contributed by atoms with van der Waals surface area (Å²) in [5.74, 6) is 0.804. The quantitative estimate of drug-likeness (QED) is 0.704. The summed E-state index contributed by atoms with van der Waals surface area (Å²) in [5, 5.41) is 19.7. The van der Waals surface area contributed by atoms with Crippen molar-refractivity contribution in [3.63, 3.8) is 0 Å². The Morgan fingerprint density at radius 1 is 1.38 bits per heavy atom. The predicted molar refractivity (Wildman–Crippen MR) is 64.3 cm³/mol. The van der Waals surface area contributed by atoms with E-state index in [9.17, 15) is 0 Å². The van der Waals surface area contributed by atoms with Crippen LogP contribution in [0.2, 0.25) is 0 Å². The minimum Gasteiger partial charge on any atom is -0.368 e. The van der Waals surface area contributed by atoms with Crippen LogP contribution in [0, 0.1) is 18.3 Å². The van der Waals surface area contributed by atoms with Crippen molar-refractivity contribution < 1.29 is 0 Å². The molecule has 0 radical (unpaired) electrons. The van der Waals surface area contributed by atoms with Gasteiger partial charge in [0.15, 0.2) is 0 Å². The largest absolute Gasteiger partial charge is 0.368 e. The summed E-state index contributed by atoms with van der Waals surface area (Å²) < 4.78 is 1.72. The zero-order valence-corrected chi connectivity index (χ0v) is 10.2. The molecule has 5 nitrogen and oxygen atoms in total. The first-order valence-corrected chi connectivity index (χ1v) is 5.59. The highest BCUT2D eigenvalue weighted by molar-refractivity contribution is 5.54. The molecule has 0 bridgehead atoms. The van der Waals surface area contributed by atoms with Crippen LogP contribution < -0.4 is 10.6 Å². The van der Waals surface area contributed by atoms with Gasteiger partial charge < -0.3 is 10.6 Å². The van der Waals surface area contributed by atoms with Gasteiger partial charge in [-0.25, -0.2) is 0 Å². The average Bonchev–Trinajstić information content (AvgIpc) is 2.53. The Hall–Kier alpha value is -1.54. The second kappa shape index (κ2) is 6.13. The average molecular weight is 221 g/mol. The van der Waals surface area contributed by atoms with E-state index in [2.05, 4.69) is 28.7 Å². The summed E-state index contributed by atoms with van der Waals surface area (Å²) in [5.41, 5.74) is 1.41. The second-order valence-corrected chi connectivity index (χ2v) is 3.72. The first-order chi connectivity index (χ1) is 7.70. The smallest absolute Gasteiger partial charge is 0.142 e. The molecule has 2 N–H and O–H groups in total. The van der Waals surface area contributed by atoms with Gasteiger partial charge in [-0.3, -0.25) is 4.68 Å². The van der Waals surface area contributed by atoms with Crippen LogP contribution in [0.5, 0.6) is 0 Å². The Balaban J connectivity index is 2.51. The van der Waals surface area contributed by atoms with Crippen molar-refractivity contribution in [2.24, 2.45) is 7.05 Å². The van der Waals surface area contributed by atoms with E-state index in [1.54, 1.807) is 4.68 Å². The third-order valence-corrected chi connectivity index (χ3v) is 2.36. The SMILES string of the molecule is CCCNCCNc1c(C#N)c(C)nn1C. The molecule has 0 aliphatic rings. The highest BCUT2D eigenvalue weighted by Gasteiger charge is 2.11. The summed E-state index contributed by atoms with van der Waals surface area (Å²) in [6, 6.07) is 2.17. The van der Waals surface area contributed by atoms with Crippen LogP contribution in [-0.4, -0.2) is 29.4 Å². The van der Waals surface area contributed by atoms with Crippen molar-refractivity contribution in [1.29, 1.82) is 5.26 Å². The van der Waals surface area contributed by atoms with Gasteiger partial charge in [-0.1, -0.05) is 6.92 Å². The number of aromatic nitrogens is 2. The van der Waals surface area contributed by atoms with E-state index >= 15 is 0 Å². The Kier molecular flexibility index (Phi) is 4.80.